The molecule has 0 aromatic rings. The minimum absolute atomic E-state index is 0.799. The minimum atomic E-state index is -3.38. The monoisotopic (exact) mass is 332 g/mol. The molecule has 0 aromatic heterocycles. The van der Waals surface area contributed by atoms with Crippen LogP contribution in [-0.2, 0) is 25.9 Å². The van der Waals surface area contributed by atoms with Crippen molar-refractivity contribution in [3.05, 3.63) is 0 Å². The second kappa shape index (κ2) is 8.70. The van der Waals surface area contributed by atoms with E-state index < -0.39 is 43.6 Å². The van der Waals surface area contributed by atoms with Crippen molar-refractivity contribution in [3.8, 4) is 0 Å². The highest BCUT2D eigenvalue weighted by Gasteiger charge is 2.51. The van der Waals surface area contributed by atoms with Crippen molar-refractivity contribution in [2.75, 3.05) is 14.2 Å². The van der Waals surface area contributed by atoms with Crippen molar-refractivity contribution in [2.45, 2.75) is 32.7 Å². The van der Waals surface area contributed by atoms with Gasteiger partial charge in [-0.25, -0.2) is 0 Å². The molecule has 0 aliphatic carbocycles. The van der Waals surface area contributed by atoms with Crippen LogP contribution in [0.1, 0.15) is 0 Å². The molecular weight excluding hydrogens is 308 g/mol. The summed E-state index contributed by atoms with van der Waals surface area (Å²) in [6.45, 7) is 6.14. The van der Waals surface area contributed by atoms with Gasteiger partial charge in [0.05, 0.1) is 0 Å². The lowest BCUT2D eigenvalue weighted by molar-refractivity contribution is -0.197. The average Bonchev–Trinajstić information content (AvgIpc) is 2.29. The maximum Gasteiger partial charge on any atom is 0.663 e. The molecule has 0 spiro atoms. The molecular formula is C7H24O7Si4. The Morgan fingerprint density at radius 1 is 1.06 bits per heavy atom. The molecule has 0 saturated carbocycles. The molecule has 0 saturated heterocycles. The Morgan fingerprint density at radius 3 is 2.06 bits per heavy atom. The van der Waals surface area contributed by atoms with Gasteiger partial charge in [0.2, 0.25) is 0 Å². The number of hydrogen-bond acceptors (Lipinski definition) is 7. The van der Waals surface area contributed by atoms with Crippen molar-refractivity contribution in [2.24, 2.45) is 0 Å². The van der Waals surface area contributed by atoms with Gasteiger partial charge in [-0.2, -0.15) is 0 Å². The lowest BCUT2D eigenvalue weighted by Crippen LogP contribution is -2.58. The van der Waals surface area contributed by atoms with Crippen LogP contribution in [0.25, 0.3) is 0 Å². The molecule has 0 heterocycles. The summed E-state index contributed by atoms with van der Waals surface area (Å²) in [5.41, 5.74) is 0. The van der Waals surface area contributed by atoms with Gasteiger partial charge in [-0.3, -0.25) is 0 Å². The van der Waals surface area contributed by atoms with Crippen molar-refractivity contribution < 1.29 is 31.0 Å². The zero-order chi connectivity index (χ0) is 14.2. The molecule has 0 rings (SSSR count). The van der Waals surface area contributed by atoms with Crippen LogP contribution < -0.4 is 0 Å². The molecule has 0 fully saturated rings. The Balaban J connectivity index is 4.80. The first-order chi connectivity index (χ1) is 8.34. The summed E-state index contributed by atoms with van der Waals surface area (Å²) in [4.78, 5) is 0. The maximum absolute atomic E-state index is 9.59. The number of hydrogen-bond donors (Lipinski definition) is 1. The average molecular weight is 333 g/mol. The van der Waals surface area contributed by atoms with E-state index in [0.29, 0.717) is 0 Å². The van der Waals surface area contributed by atoms with E-state index in [4.69, 9.17) is 25.9 Å². The van der Waals surface area contributed by atoms with Crippen molar-refractivity contribution in [1.29, 1.82) is 0 Å². The van der Waals surface area contributed by atoms with Gasteiger partial charge in [0.25, 0.3) is 6.48 Å². The predicted molar refractivity (Wildman–Crippen MR) is 76.4 cm³/mol. The van der Waals surface area contributed by atoms with E-state index in [0.717, 1.165) is 0 Å². The summed E-state index contributed by atoms with van der Waals surface area (Å²) in [5, 5.41) is 9.59. The first kappa shape index (κ1) is 18.6. The lowest BCUT2D eigenvalue weighted by atomic mass is 11.4. The van der Waals surface area contributed by atoms with Crippen LogP contribution in [-0.4, -0.2) is 62.9 Å². The summed E-state index contributed by atoms with van der Waals surface area (Å²) >= 11 is 0. The van der Waals surface area contributed by atoms with Crippen LogP contribution in [0.5, 0.6) is 0 Å². The van der Waals surface area contributed by atoms with Gasteiger partial charge < -0.3 is 31.0 Å². The zero-order valence-electron chi connectivity index (χ0n) is 11.9. The summed E-state index contributed by atoms with van der Waals surface area (Å²) in [5.74, 6) is 0. The van der Waals surface area contributed by atoms with E-state index in [1.165, 1.54) is 7.11 Å². The molecule has 1 N–H and O–H groups in total. The molecule has 2 unspecified atom stereocenters. The van der Waals surface area contributed by atoms with Crippen molar-refractivity contribution in [1.82, 2.24) is 0 Å². The van der Waals surface area contributed by atoms with Gasteiger partial charge in [0, 0.05) is 14.2 Å². The molecule has 0 aliphatic rings. The van der Waals surface area contributed by atoms with E-state index in [1.54, 1.807) is 7.11 Å². The van der Waals surface area contributed by atoms with Crippen LogP contribution in [0.3, 0.4) is 0 Å². The van der Waals surface area contributed by atoms with Crippen LogP contribution in [0, 0.1) is 0 Å². The SMILES string of the molecule is CO[Si](C)(C)O[Si](OC)(O[SiH2]C)OC(O)O[SiH2]C. The Hall–Kier alpha value is 0.588. The fourth-order valence-electron chi connectivity index (χ4n) is 1.06. The van der Waals surface area contributed by atoms with Gasteiger partial charge in [0.1, 0.15) is 0 Å². The maximum atomic E-state index is 9.59. The highest BCUT2D eigenvalue weighted by molar-refractivity contribution is 6.75. The first-order valence-electron chi connectivity index (χ1n) is 5.76. The molecule has 18 heavy (non-hydrogen) atoms. The third-order valence-corrected chi connectivity index (χ3v) is 10.1. The van der Waals surface area contributed by atoms with E-state index >= 15 is 0 Å². The number of rotatable bonds is 10. The molecule has 0 radical (unpaired) electrons. The predicted octanol–water partition coefficient (Wildman–Crippen LogP) is -0.977. The van der Waals surface area contributed by atoms with E-state index in [2.05, 4.69) is 0 Å². The molecule has 2 atom stereocenters. The summed E-state index contributed by atoms with van der Waals surface area (Å²) in [6.07, 6.45) is 0. The summed E-state index contributed by atoms with van der Waals surface area (Å²) < 4.78 is 32.3. The zero-order valence-corrected chi connectivity index (χ0v) is 16.7. The summed E-state index contributed by atoms with van der Waals surface area (Å²) in [6, 6.07) is 0. The van der Waals surface area contributed by atoms with Crippen LogP contribution in [0.15, 0.2) is 0 Å². The second-order valence-corrected chi connectivity index (χ2v) is 12.0. The smallest absolute Gasteiger partial charge is 0.400 e. The van der Waals surface area contributed by atoms with Crippen LogP contribution in [0.2, 0.25) is 26.2 Å². The lowest BCUT2D eigenvalue weighted by Gasteiger charge is -2.34. The Morgan fingerprint density at radius 2 is 1.67 bits per heavy atom. The van der Waals surface area contributed by atoms with E-state index in [-0.39, 0.29) is 0 Å². The Labute approximate surface area is 115 Å². The quantitative estimate of drug-likeness (QED) is 0.407. The Kier molecular flexibility index (Phi) is 8.98. The van der Waals surface area contributed by atoms with Gasteiger partial charge >= 0.3 is 17.6 Å². The van der Waals surface area contributed by atoms with Gasteiger partial charge in [0.15, 0.2) is 19.5 Å². The van der Waals surface area contributed by atoms with Crippen LogP contribution in [0.4, 0.5) is 0 Å². The largest absolute Gasteiger partial charge is 0.663 e. The number of aliphatic hydroxyl groups is 1. The molecule has 11 heteroatoms. The van der Waals surface area contributed by atoms with Gasteiger partial charge in [-0.15, -0.1) is 0 Å². The molecule has 0 aliphatic heterocycles. The highest BCUT2D eigenvalue weighted by Crippen LogP contribution is 2.19. The second-order valence-electron chi connectivity index (χ2n) is 3.72. The third-order valence-electron chi connectivity index (χ3n) is 1.99. The fourth-order valence-corrected chi connectivity index (χ4v) is 8.15. The fraction of sp³-hybridized carbons (Fsp3) is 1.00. The van der Waals surface area contributed by atoms with Gasteiger partial charge in [-0.1, -0.05) is 13.1 Å². The van der Waals surface area contributed by atoms with Crippen LogP contribution >= 0.6 is 0 Å². The van der Waals surface area contributed by atoms with E-state index in [1.807, 2.05) is 26.2 Å². The highest BCUT2D eigenvalue weighted by atomic mass is 28.5. The van der Waals surface area contributed by atoms with Gasteiger partial charge in [-0.05, 0) is 13.1 Å². The van der Waals surface area contributed by atoms with Crippen molar-refractivity contribution >= 4 is 37.1 Å². The van der Waals surface area contributed by atoms with E-state index in [9.17, 15) is 5.11 Å². The molecule has 7 nitrogen and oxygen atoms in total. The first-order valence-corrected chi connectivity index (χ1v) is 14.2. The standard InChI is InChI=1S/C7H24O7Si4/c1-9-17(5,6)14-18(10-2,13-16-4)12-7(8)11-15-3/h7-8H,15-16H2,1-6H3. The van der Waals surface area contributed by atoms with Crippen molar-refractivity contribution in [3.63, 3.8) is 0 Å². The minimum Gasteiger partial charge on any atom is -0.400 e. The summed E-state index contributed by atoms with van der Waals surface area (Å²) in [7, 11) is -4.42. The third kappa shape index (κ3) is 6.67. The molecule has 0 aromatic carbocycles. The molecule has 0 bridgehead atoms. The normalized spacial score (nSPS) is 18.8. The molecule has 110 valence electrons. The molecule has 0 amide bonds. The number of aliphatic hydroxyl groups excluding tert-OH is 1. The Bertz CT molecular complexity index is 232. The topological polar surface area (TPSA) is 75.6 Å².